The zero-order valence-corrected chi connectivity index (χ0v) is 12.2. The molecule has 0 radical (unpaired) electrons. The second-order valence-corrected chi connectivity index (χ2v) is 5.41. The Labute approximate surface area is 124 Å². The molecule has 1 amide bonds. The molecule has 5 heteroatoms. The third-order valence-electron chi connectivity index (χ3n) is 3.93. The molecule has 0 unspecified atom stereocenters. The summed E-state index contributed by atoms with van der Waals surface area (Å²) in [6.07, 6.45) is 1.04. The first kappa shape index (κ1) is 13.8. The fourth-order valence-electron chi connectivity index (χ4n) is 2.73. The molecule has 1 aliphatic rings. The Bertz CT molecular complexity index is 666. The molecule has 21 heavy (non-hydrogen) atoms. The van der Waals surface area contributed by atoms with Crippen LogP contribution in [0.4, 0.5) is 5.82 Å². The van der Waals surface area contributed by atoms with Crippen molar-refractivity contribution in [3.63, 3.8) is 0 Å². The first-order valence-electron chi connectivity index (χ1n) is 7.37. The SMILES string of the molecule is CCCN(c1cc(C(N)=O)c2ccccc2n1)C1CNC1. The number of nitrogens with zero attached hydrogens (tertiary/aromatic N) is 2. The van der Waals surface area contributed by atoms with Crippen molar-refractivity contribution in [2.24, 2.45) is 5.73 Å². The summed E-state index contributed by atoms with van der Waals surface area (Å²) < 4.78 is 0. The quantitative estimate of drug-likeness (QED) is 0.873. The van der Waals surface area contributed by atoms with Crippen LogP contribution in [-0.2, 0) is 0 Å². The molecule has 3 N–H and O–H groups in total. The zero-order chi connectivity index (χ0) is 14.8. The van der Waals surface area contributed by atoms with E-state index in [0.717, 1.165) is 42.8 Å². The minimum absolute atomic E-state index is 0.405. The number of fused-ring (bicyclic) bond motifs is 1. The lowest BCUT2D eigenvalue weighted by atomic mass is 10.1. The van der Waals surface area contributed by atoms with Crippen LogP contribution in [0.3, 0.4) is 0 Å². The van der Waals surface area contributed by atoms with Crippen molar-refractivity contribution in [3.05, 3.63) is 35.9 Å². The average molecular weight is 284 g/mol. The number of aromatic nitrogens is 1. The van der Waals surface area contributed by atoms with E-state index < -0.39 is 5.91 Å². The fourth-order valence-corrected chi connectivity index (χ4v) is 2.73. The van der Waals surface area contributed by atoms with Gasteiger partial charge in [0.1, 0.15) is 5.82 Å². The van der Waals surface area contributed by atoms with Gasteiger partial charge < -0.3 is 16.0 Å². The third kappa shape index (κ3) is 2.56. The molecule has 0 atom stereocenters. The maximum Gasteiger partial charge on any atom is 0.249 e. The van der Waals surface area contributed by atoms with Crippen molar-refractivity contribution < 1.29 is 4.79 Å². The van der Waals surface area contributed by atoms with E-state index in [1.54, 1.807) is 0 Å². The topological polar surface area (TPSA) is 71.2 Å². The van der Waals surface area contributed by atoms with E-state index >= 15 is 0 Å². The summed E-state index contributed by atoms with van der Waals surface area (Å²) in [4.78, 5) is 18.8. The number of carbonyl (C=O) groups excluding carboxylic acids is 1. The smallest absolute Gasteiger partial charge is 0.249 e. The summed E-state index contributed by atoms with van der Waals surface area (Å²) in [5.74, 6) is 0.439. The molecule has 1 aromatic carbocycles. The molecule has 0 saturated carbocycles. The van der Waals surface area contributed by atoms with Crippen molar-refractivity contribution in [1.29, 1.82) is 0 Å². The Morgan fingerprint density at radius 2 is 2.19 bits per heavy atom. The van der Waals surface area contributed by atoms with Crippen molar-refractivity contribution in [2.45, 2.75) is 19.4 Å². The van der Waals surface area contributed by atoms with Crippen LogP contribution < -0.4 is 16.0 Å². The molecule has 110 valence electrons. The molecule has 1 fully saturated rings. The molecule has 0 aliphatic carbocycles. The summed E-state index contributed by atoms with van der Waals surface area (Å²) in [5, 5.41) is 4.10. The Balaban J connectivity index is 2.10. The van der Waals surface area contributed by atoms with Gasteiger partial charge in [0, 0.05) is 25.0 Å². The minimum atomic E-state index is -0.405. The number of anilines is 1. The molecule has 0 bridgehead atoms. The van der Waals surface area contributed by atoms with Gasteiger partial charge in [-0.1, -0.05) is 25.1 Å². The fraction of sp³-hybridized carbons (Fsp3) is 0.375. The van der Waals surface area contributed by atoms with Crippen molar-refractivity contribution >= 4 is 22.6 Å². The lowest BCUT2D eigenvalue weighted by Gasteiger charge is -2.39. The number of primary amides is 1. The summed E-state index contributed by atoms with van der Waals surface area (Å²) in [6, 6.07) is 9.92. The molecule has 3 rings (SSSR count). The maximum atomic E-state index is 11.8. The van der Waals surface area contributed by atoms with Crippen molar-refractivity contribution in [3.8, 4) is 0 Å². The second-order valence-electron chi connectivity index (χ2n) is 5.41. The third-order valence-corrected chi connectivity index (χ3v) is 3.93. The number of hydrogen-bond acceptors (Lipinski definition) is 4. The molecule has 2 aromatic rings. The van der Waals surface area contributed by atoms with Gasteiger partial charge in [0.05, 0.1) is 17.1 Å². The van der Waals surface area contributed by atoms with Crippen LogP contribution in [0.25, 0.3) is 10.9 Å². The molecule has 5 nitrogen and oxygen atoms in total. The molecule has 2 heterocycles. The van der Waals surface area contributed by atoms with E-state index in [0.29, 0.717) is 11.6 Å². The van der Waals surface area contributed by atoms with Gasteiger partial charge in [0.25, 0.3) is 0 Å². The molecular weight excluding hydrogens is 264 g/mol. The Morgan fingerprint density at radius 1 is 1.43 bits per heavy atom. The first-order chi connectivity index (χ1) is 10.2. The number of para-hydroxylation sites is 1. The van der Waals surface area contributed by atoms with E-state index in [-0.39, 0.29) is 0 Å². The van der Waals surface area contributed by atoms with E-state index in [9.17, 15) is 4.79 Å². The number of carbonyl (C=O) groups is 1. The number of pyridine rings is 1. The number of amides is 1. The Hall–Kier alpha value is -2.14. The predicted molar refractivity (Wildman–Crippen MR) is 84.6 cm³/mol. The van der Waals surface area contributed by atoms with E-state index in [2.05, 4.69) is 17.1 Å². The zero-order valence-electron chi connectivity index (χ0n) is 12.2. The number of nitrogens with one attached hydrogen (secondary N) is 1. The van der Waals surface area contributed by atoms with E-state index in [4.69, 9.17) is 10.7 Å². The summed E-state index contributed by atoms with van der Waals surface area (Å²) >= 11 is 0. The highest BCUT2D eigenvalue weighted by Crippen LogP contribution is 2.25. The number of hydrogen-bond donors (Lipinski definition) is 2. The second kappa shape index (κ2) is 5.69. The van der Waals surface area contributed by atoms with Crippen molar-refractivity contribution in [1.82, 2.24) is 10.3 Å². The average Bonchev–Trinajstić information content (AvgIpc) is 2.43. The highest BCUT2D eigenvalue weighted by molar-refractivity contribution is 6.06. The lowest BCUT2D eigenvalue weighted by Crippen LogP contribution is -2.57. The predicted octanol–water partition coefficient (Wildman–Crippen LogP) is 1.52. The summed E-state index contributed by atoms with van der Waals surface area (Å²) in [7, 11) is 0. The monoisotopic (exact) mass is 284 g/mol. The molecule has 1 aromatic heterocycles. The largest absolute Gasteiger partial charge is 0.366 e. The number of rotatable bonds is 5. The van der Waals surface area contributed by atoms with Crippen LogP contribution in [0.15, 0.2) is 30.3 Å². The summed E-state index contributed by atoms with van der Waals surface area (Å²) in [6.45, 7) is 4.99. The maximum absolute atomic E-state index is 11.8. The van der Waals surface area contributed by atoms with Gasteiger partial charge in [0.15, 0.2) is 0 Å². The first-order valence-corrected chi connectivity index (χ1v) is 7.37. The molecule has 1 aliphatic heterocycles. The molecule has 0 spiro atoms. The van der Waals surface area contributed by atoms with E-state index in [1.807, 2.05) is 30.3 Å². The lowest BCUT2D eigenvalue weighted by molar-refractivity contribution is 0.100. The van der Waals surface area contributed by atoms with Crippen LogP contribution in [-0.4, -0.2) is 36.6 Å². The normalized spacial score (nSPS) is 14.9. The molecular formula is C16H20N4O. The van der Waals surface area contributed by atoms with Crippen LogP contribution >= 0.6 is 0 Å². The summed E-state index contributed by atoms with van der Waals surface area (Å²) in [5.41, 5.74) is 6.91. The number of benzene rings is 1. The van der Waals surface area contributed by atoms with Gasteiger partial charge in [-0.15, -0.1) is 0 Å². The van der Waals surface area contributed by atoms with Crippen LogP contribution in [0.1, 0.15) is 23.7 Å². The van der Waals surface area contributed by atoms with Gasteiger partial charge in [-0.2, -0.15) is 0 Å². The Morgan fingerprint density at radius 3 is 2.81 bits per heavy atom. The van der Waals surface area contributed by atoms with Gasteiger partial charge in [0.2, 0.25) is 5.91 Å². The van der Waals surface area contributed by atoms with Crippen LogP contribution in [0.2, 0.25) is 0 Å². The van der Waals surface area contributed by atoms with Crippen LogP contribution in [0, 0.1) is 0 Å². The van der Waals surface area contributed by atoms with E-state index in [1.165, 1.54) is 0 Å². The van der Waals surface area contributed by atoms with Crippen LogP contribution in [0.5, 0.6) is 0 Å². The van der Waals surface area contributed by atoms with Gasteiger partial charge >= 0.3 is 0 Å². The minimum Gasteiger partial charge on any atom is -0.366 e. The highest BCUT2D eigenvalue weighted by atomic mass is 16.1. The highest BCUT2D eigenvalue weighted by Gasteiger charge is 2.26. The van der Waals surface area contributed by atoms with Gasteiger partial charge in [-0.3, -0.25) is 4.79 Å². The standard InChI is InChI=1S/C16H20N4O/c1-2-7-20(11-9-18-10-11)15-8-13(16(17)21)12-5-3-4-6-14(12)19-15/h3-6,8,11,18H,2,7,9-10H2,1H3,(H2,17,21). The van der Waals surface area contributed by atoms with Gasteiger partial charge in [-0.25, -0.2) is 4.98 Å². The molecule has 1 saturated heterocycles. The van der Waals surface area contributed by atoms with Gasteiger partial charge in [-0.05, 0) is 18.6 Å². The van der Waals surface area contributed by atoms with Crippen molar-refractivity contribution in [2.75, 3.05) is 24.5 Å². The Kier molecular flexibility index (Phi) is 3.75. The number of nitrogens with two attached hydrogens (primary N) is 1.